The molecule has 0 fully saturated rings. The van der Waals surface area contributed by atoms with Gasteiger partial charge in [0.25, 0.3) is 0 Å². The van der Waals surface area contributed by atoms with E-state index in [0.29, 0.717) is 5.56 Å². The summed E-state index contributed by atoms with van der Waals surface area (Å²) in [5.74, 6) is -0.416. The summed E-state index contributed by atoms with van der Waals surface area (Å²) < 4.78 is 0. The van der Waals surface area contributed by atoms with E-state index >= 15 is 0 Å². The van der Waals surface area contributed by atoms with Crippen LogP contribution in [0, 0.1) is 13.8 Å². The monoisotopic (exact) mass is 275 g/mol. The van der Waals surface area contributed by atoms with Crippen LogP contribution < -0.4 is 11.1 Å². The van der Waals surface area contributed by atoms with Gasteiger partial charge < -0.3 is 11.1 Å². The van der Waals surface area contributed by atoms with Gasteiger partial charge in [0.15, 0.2) is 0 Å². The molecular weight excluding hydrogens is 258 g/mol. The summed E-state index contributed by atoms with van der Waals surface area (Å²) in [4.78, 5) is 16.8. The standard InChI is InChI=1S/C14H17N3OS/c1-8-13(19-10(3)16-8)9(2)17-12-6-4-5-11(7-12)14(15)18/h4-7,9,17H,1-3H3,(H2,15,18). The van der Waals surface area contributed by atoms with E-state index in [9.17, 15) is 4.79 Å². The van der Waals surface area contributed by atoms with E-state index in [4.69, 9.17) is 5.73 Å². The summed E-state index contributed by atoms with van der Waals surface area (Å²) in [5.41, 5.74) is 7.72. The largest absolute Gasteiger partial charge is 0.378 e. The molecule has 2 rings (SSSR count). The number of carbonyl (C=O) groups is 1. The van der Waals surface area contributed by atoms with Gasteiger partial charge in [-0.3, -0.25) is 4.79 Å². The summed E-state index contributed by atoms with van der Waals surface area (Å²) >= 11 is 1.69. The van der Waals surface area contributed by atoms with Crippen molar-refractivity contribution in [2.24, 2.45) is 5.73 Å². The van der Waals surface area contributed by atoms with Crippen molar-refractivity contribution in [2.45, 2.75) is 26.8 Å². The quantitative estimate of drug-likeness (QED) is 0.901. The lowest BCUT2D eigenvalue weighted by atomic mass is 10.1. The first kappa shape index (κ1) is 13.5. The SMILES string of the molecule is Cc1nc(C)c(C(C)Nc2cccc(C(N)=O)c2)s1. The highest BCUT2D eigenvalue weighted by molar-refractivity contribution is 7.11. The van der Waals surface area contributed by atoms with Crippen LogP contribution in [0.1, 0.15) is 38.9 Å². The lowest BCUT2D eigenvalue weighted by molar-refractivity contribution is 0.100. The molecule has 0 saturated heterocycles. The zero-order valence-corrected chi connectivity index (χ0v) is 12.0. The van der Waals surface area contributed by atoms with Gasteiger partial charge in [-0.15, -0.1) is 11.3 Å². The molecule has 3 N–H and O–H groups in total. The second kappa shape index (κ2) is 5.40. The van der Waals surface area contributed by atoms with Crippen LogP contribution in [-0.4, -0.2) is 10.9 Å². The van der Waals surface area contributed by atoms with Gasteiger partial charge in [0.2, 0.25) is 5.91 Å². The number of amides is 1. The van der Waals surface area contributed by atoms with Crippen LogP contribution in [0.3, 0.4) is 0 Å². The fraction of sp³-hybridized carbons (Fsp3) is 0.286. The minimum atomic E-state index is -0.416. The molecule has 1 amide bonds. The molecule has 1 atom stereocenters. The molecule has 1 aromatic heterocycles. The molecule has 0 radical (unpaired) electrons. The molecule has 2 aromatic rings. The molecule has 1 aromatic carbocycles. The van der Waals surface area contributed by atoms with Gasteiger partial charge in [-0.05, 0) is 39.0 Å². The molecule has 0 aliphatic rings. The van der Waals surface area contributed by atoms with Crippen molar-refractivity contribution < 1.29 is 4.79 Å². The number of primary amides is 1. The number of thiazole rings is 1. The maximum atomic E-state index is 11.2. The molecule has 0 bridgehead atoms. The van der Waals surface area contributed by atoms with Gasteiger partial charge in [0.1, 0.15) is 0 Å². The fourth-order valence-corrected chi connectivity index (χ4v) is 2.96. The lowest BCUT2D eigenvalue weighted by Gasteiger charge is -2.14. The van der Waals surface area contributed by atoms with E-state index in [0.717, 1.165) is 16.4 Å². The zero-order valence-electron chi connectivity index (χ0n) is 11.2. The Bertz CT molecular complexity index is 606. The highest BCUT2D eigenvalue weighted by Gasteiger charge is 2.13. The van der Waals surface area contributed by atoms with E-state index in [1.54, 1.807) is 23.5 Å². The van der Waals surface area contributed by atoms with Gasteiger partial charge in [-0.1, -0.05) is 6.07 Å². The maximum absolute atomic E-state index is 11.2. The second-order valence-corrected chi connectivity index (χ2v) is 5.73. The molecule has 19 heavy (non-hydrogen) atoms. The number of rotatable bonds is 4. The van der Waals surface area contributed by atoms with Crippen LogP contribution in [0.4, 0.5) is 5.69 Å². The summed E-state index contributed by atoms with van der Waals surface area (Å²) in [7, 11) is 0. The molecule has 0 aliphatic heterocycles. The number of nitrogens with two attached hydrogens (primary N) is 1. The molecule has 100 valence electrons. The van der Waals surface area contributed by atoms with Gasteiger partial charge >= 0.3 is 0 Å². The molecule has 0 aliphatic carbocycles. The van der Waals surface area contributed by atoms with Crippen molar-refractivity contribution in [3.63, 3.8) is 0 Å². The predicted molar refractivity (Wildman–Crippen MR) is 78.6 cm³/mol. The number of anilines is 1. The Morgan fingerprint density at radius 2 is 2.16 bits per heavy atom. The van der Waals surface area contributed by atoms with Crippen LogP contribution in [-0.2, 0) is 0 Å². The molecule has 0 spiro atoms. The molecule has 5 heteroatoms. The minimum Gasteiger partial charge on any atom is -0.378 e. The first-order valence-electron chi connectivity index (χ1n) is 6.07. The average molecular weight is 275 g/mol. The van der Waals surface area contributed by atoms with Crippen molar-refractivity contribution in [3.05, 3.63) is 45.4 Å². The first-order chi connectivity index (χ1) is 8.97. The fourth-order valence-electron chi connectivity index (χ4n) is 2.03. The third-order valence-electron chi connectivity index (χ3n) is 2.86. The van der Waals surface area contributed by atoms with Crippen molar-refractivity contribution >= 4 is 22.9 Å². The third kappa shape index (κ3) is 3.12. The van der Waals surface area contributed by atoms with Crippen LogP contribution in [0.25, 0.3) is 0 Å². The van der Waals surface area contributed by atoms with Crippen molar-refractivity contribution in [3.8, 4) is 0 Å². The number of hydrogen-bond acceptors (Lipinski definition) is 4. The maximum Gasteiger partial charge on any atom is 0.248 e. The van der Waals surface area contributed by atoms with Gasteiger partial charge in [-0.25, -0.2) is 4.98 Å². The van der Waals surface area contributed by atoms with Crippen LogP contribution in [0.2, 0.25) is 0 Å². The lowest BCUT2D eigenvalue weighted by Crippen LogP contribution is -2.12. The Balaban J connectivity index is 2.19. The van der Waals surface area contributed by atoms with E-state index in [1.807, 2.05) is 26.0 Å². The van der Waals surface area contributed by atoms with E-state index in [2.05, 4.69) is 17.2 Å². The van der Waals surface area contributed by atoms with Gasteiger partial charge in [-0.2, -0.15) is 0 Å². The van der Waals surface area contributed by atoms with Crippen molar-refractivity contribution in [1.82, 2.24) is 4.98 Å². The summed E-state index contributed by atoms with van der Waals surface area (Å²) in [6.45, 7) is 6.09. The zero-order chi connectivity index (χ0) is 14.0. The summed E-state index contributed by atoms with van der Waals surface area (Å²) in [5, 5.41) is 4.43. The highest BCUT2D eigenvalue weighted by Crippen LogP contribution is 2.27. The number of hydrogen-bond donors (Lipinski definition) is 2. The number of aromatic nitrogens is 1. The Kier molecular flexibility index (Phi) is 3.85. The summed E-state index contributed by atoms with van der Waals surface area (Å²) in [6.07, 6.45) is 0. The summed E-state index contributed by atoms with van der Waals surface area (Å²) in [6, 6.07) is 7.36. The first-order valence-corrected chi connectivity index (χ1v) is 6.89. The van der Waals surface area contributed by atoms with E-state index < -0.39 is 5.91 Å². The Morgan fingerprint density at radius 1 is 1.42 bits per heavy atom. The number of benzene rings is 1. The topological polar surface area (TPSA) is 68.0 Å². The molecule has 0 saturated carbocycles. The second-order valence-electron chi connectivity index (χ2n) is 4.49. The van der Waals surface area contributed by atoms with E-state index in [-0.39, 0.29) is 6.04 Å². The third-order valence-corrected chi connectivity index (χ3v) is 4.12. The highest BCUT2D eigenvalue weighted by atomic mass is 32.1. The van der Waals surface area contributed by atoms with E-state index in [1.165, 1.54) is 4.88 Å². The number of aryl methyl sites for hydroxylation is 2. The average Bonchev–Trinajstić information content (AvgIpc) is 2.69. The predicted octanol–water partition coefficient (Wildman–Crippen LogP) is 3.03. The van der Waals surface area contributed by atoms with Crippen molar-refractivity contribution in [1.29, 1.82) is 0 Å². The normalized spacial score (nSPS) is 12.2. The Morgan fingerprint density at radius 3 is 2.74 bits per heavy atom. The smallest absolute Gasteiger partial charge is 0.248 e. The van der Waals surface area contributed by atoms with Crippen LogP contribution in [0.15, 0.2) is 24.3 Å². The molecule has 1 unspecified atom stereocenters. The van der Waals surface area contributed by atoms with Gasteiger partial charge in [0, 0.05) is 16.1 Å². The van der Waals surface area contributed by atoms with Gasteiger partial charge in [0.05, 0.1) is 16.7 Å². The molecule has 4 nitrogen and oxygen atoms in total. The number of nitrogens with one attached hydrogen (secondary N) is 1. The Labute approximate surface area is 116 Å². The Hall–Kier alpha value is -1.88. The minimum absolute atomic E-state index is 0.148. The van der Waals surface area contributed by atoms with Crippen LogP contribution >= 0.6 is 11.3 Å². The number of nitrogens with zero attached hydrogens (tertiary/aromatic N) is 1. The number of carbonyl (C=O) groups excluding carboxylic acids is 1. The molecule has 1 heterocycles. The molecular formula is C14H17N3OS. The van der Waals surface area contributed by atoms with Crippen LogP contribution in [0.5, 0.6) is 0 Å². The van der Waals surface area contributed by atoms with Crippen molar-refractivity contribution in [2.75, 3.05) is 5.32 Å².